The molecule has 0 saturated heterocycles. The van der Waals surface area contributed by atoms with Crippen molar-refractivity contribution in [2.75, 3.05) is 5.32 Å². The number of amides is 1. The Morgan fingerprint density at radius 1 is 1.37 bits per heavy atom. The number of hydrogen-bond donors (Lipinski definition) is 3. The summed E-state index contributed by atoms with van der Waals surface area (Å²) in [5, 5.41) is 18.8. The minimum absolute atomic E-state index is 0.00951. The molecule has 98 valence electrons. The molecular weight excluding hydrogens is 272 g/mol. The zero-order valence-corrected chi connectivity index (χ0v) is 10.5. The van der Waals surface area contributed by atoms with Crippen molar-refractivity contribution in [3.8, 4) is 0 Å². The summed E-state index contributed by atoms with van der Waals surface area (Å²) in [6.45, 7) is 1.60. The van der Waals surface area contributed by atoms with Crippen molar-refractivity contribution in [3.63, 3.8) is 0 Å². The number of nitrogens with one attached hydrogen (secondary N) is 2. The lowest BCUT2D eigenvalue weighted by Gasteiger charge is -2.03. The molecule has 2 aromatic rings. The zero-order valence-electron chi connectivity index (χ0n) is 9.77. The van der Waals surface area contributed by atoms with Crippen LogP contribution in [0.1, 0.15) is 26.5 Å². The molecule has 0 aliphatic rings. The number of carbonyl (C=O) groups excluding carboxylic acids is 1. The van der Waals surface area contributed by atoms with Crippen molar-refractivity contribution in [1.82, 2.24) is 15.2 Å². The molecule has 0 fully saturated rings. The summed E-state index contributed by atoms with van der Waals surface area (Å²) >= 11 is 5.56. The largest absolute Gasteiger partial charge is 0.478 e. The van der Waals surface area contributed by atoms with Crippen molar-refractivity contribution >= 4 is 29.2 Å². The van der Waals surface area contributed by atoms with Crippen molar-refractivity contribution in [1.29, 1.82) is 0 Å². The molecule has 19 heavy (non-hydrogen) atoms. The molecule has 0 unspecified atom stereocenters. The van der Waals surface area contributed by atoms with Crippen LogP contribution in [-0.4, -0.2) is 32.2 Å². The fraction of sp³-hybridized carbons (Fsp3) is 0.0909. The van der Waals surface area contributed by atoms with Crippen molar-refractivity contribution in [2.24, 2.45) is 0 Å². The third kappa shape index (κ3) is 2.71. The van der Waals surface area contributed by atoms with Crippen LogP contribution in [0.4, 0.5) is 5.69 Å². The Hall–Kier alpha value is -2.41. The lowest BCUT2D eigenvalue weighted by Crippen LogP contribution is -2.15. The van der Waals surface area contributed by atoms with Crippen LogP contribution in [0.15, 0.2) is 18.3 Å². The fourth-order valence-corrected chi connectivity index (χ4v) is 1.63. The number of carboxylic acids is 1. The number of carbonyl (C=O) groups is 2. The molecular formula is C11H9ClN4O3. The molecule has 2 heterocycles. The van der Waals surface area contributed by atoms with Crippen molar-refractivity contribution in [2.45, 2.75) is 6.92 Å². The number of carboxylic acid groups (broad SMARTS) is 1. The van der Waals surface area contributed by atoms with E-state index in [0.717, 1.165) is 0 Å². The monoisotopic (exact) mass is 280 g/mol. The molecule has 2 aromatic heterocycles. The third-order valence-corrected chi connectivity index (χ3v) is 2.61. The average Bonchev–Trinajstić information content (AvgIpc) is 2.71. The molecule has 1 amide bonds. The SMILES string of the molecule is Cc1[nH]cc(NC(=O)c2ccc(Cl)nn2)c1C(=O)O. The Morgan fingerprint density at radius 3 is 2.68 bits per heavy atom. The molecule has 0 bridgehead atoms. The first kappa shape index (κ1) is 13.0. The number of aromatic carboxylic acids is 1. The van der Waals surface area contributed by atoms with Crippen LogP contribution in [0.25, 0.3) is 0 Å². The van der Waals surface area contributed by atoms with Gasteiger partial charge in [-0.05, 0) is 19.1 Å². The van der Waals surface area contributed by atoms with Gasteiger partial charge in [0.1, 0.15) is 5.56 Å². The molecule has 0 aromatic carbocycles. The topological polar surface area (TPSA) is 108 Å². The van der Waals surface area contributed by atoms with E-state index in [1.165, 1.54) is 18.3 Å². The van der Waals surface area contributed by atoms with E-state index >= 15 is 0 Å². The van der Waals surface area contributed by atoms with E-state index in [0.29, 0.717) is 5.69 Å². The quantitative estimate of drug-likeness (QED) is 0.793. The standard InChI is InChI=1S/C11H9ClN4O3/c1-5-9(11(18)19)7(4-13-5)14-10(17)6-2-3-8(12)16-15-6/h2-4,13H,1H3,(H,14,17)(H,18,19). The predicted octanol–water partition coefficient (Wildman–Crippen LogP) is 1.72. The second-order valence-electron chi connectivity index (χ2n) is 3.70. The molecule has 3 N–H and O–H groups in total. The minimum Gasteiger partial charge on any atom is -0.478 e. The predicted molar refractivity (Wildman–Crippen MR) is 67.5 cm³/mol. The maximum absolute atomic E-state index is 11.8. The number of anilines is 1. The summed E-state index contributed by atoms with van der Waals surface area (Å²) in [6, 6.07) is 2.81. The summed E-state index contributed by atoms with van der Waals surface area (Å²) in [7, 11) is 0. The molecule has 0 saturated carbocycles. The number of aromatic nitrogens is 3. The van der Waals surface area contributed by atoms with E-state index in [1.807, 2.05) is 0 Å². The van der Waals surface area contributed by atoms with Gasteiger partial charge in [0.25, 0.3) is 5.91 Å². The van der Waals surface area contributed by atoms with Crippen LogP contribution in [0.5, 0.6) is 0 Å². The Balaban J connectivity index is 2.24. The van der Waals surface area contributed by atoms with E-state index < -0.39 is 11.9 Å². The Morgan fingerprint density at radius 2 is 2.11 bits per heavy atom. The molecule has 7 nitrogen and oxygen atoms in total. The average molecular weight is 281 g/mol. The summed E-state index contributed by atoms with van der Waals surface area (Å²) < 4.78 is 0. The Labute approximate surface area is 112 Å². The number of hydrogen-bond acceptors (Lipinski definition) is 4. The normalized spacial score (nSPS) is 10.2. The molecule has 8 heteroatoms. The van der Waals surface area contributed by atoms with Gasteiger partial charge >= 0.3 is 5.97 Å². The smallest absolute Gasteiger partial charge is 0.339 e. The first-order valence-corrected chi connectivity index (χ1v) is 5.58. The number of halogens is 1. The number of aromatic amines is 1. The van der Waals surface area contributed by atoms with Gasteiger partial charge in [0, 0.05) is 11.9 Å². The highest BCUT2D eigenvalue weighted by Gasteiger charge is 2.18. The van der Waals surface area contributed by atoms with Gasteiger partial charge in [-0.1, -0.05) is 11.6 Å². The first-order chi connectivity index (χ1) is 8.99. The van der Waals surface area contributed by atoms with Crippen LogP contribution in [0.2, 0.25) is 5.15 Å². The van der Waals surface area contributed by atoms with E-state index in [9.17, 15) is 9.59 Å². The molecule has 0 spiro atoms. The van der Waals surface area contributed by atoms with Crippen LogP contribution < -0.4 is 5.32 Å². The summed E-state index contributed by atoms with van der Waals surface area (Å²) in [6.07, 6.45) is 1.40. The highest BCUT2D eigenvalue weighted by Crippen LogP contribution is 2.19. The second-order valence-corrected chi connectivity index (χ2v) is 4.09. The van der Waals surface area contributed by atoms with Gasteiger partial charge in [-0.2, -0.15) is 0 Å². The number of H-pyrrole nitrogens is 1. The van der Waals surface area contributed by atoms with Gasteiger partial charge in [-0.25, -0.2) is 4.79 Å². The number of nitrogens with zero attached hydrogens (tertiary/aromatic N) is 2. The highest BCUT2D eigenvalue weighted by atomic mass is 35.5. The summed E-state index contributed by atoms with van der Waals surface area (Å²) in [5.74, 6) is -1.69. The van der Waals surface area contributed by atoms with Gasteiger partial charge in [0.2, 0.25) is 0 Å². The molecule has 0 aliphatic carbocycles. The fourth-order valence-electron chi connectivity index (χ4n) is 1.52. The zero-order chi connectivity index (χ0) is 14.0. The maximum Gasteiger partial charge on any atom is 0.339 e. The van der Waals surface area contributed by atoms with E-state index in [-0.39, 0.29) is 22.1 Å². The molecule has 0 atom stereocenters. The highest BCUT2D eigenvalue weighted by molar-refractivity contribution is 6.29. The van der Waals surface area contributed by atoms with Gasteiger partial charge in [0.15, 0.2) is 10.8 Å². The van der Waals surface area contributed by atoms with Crippen LogP contribution in [0.3, 0.4) is 0 Å². The summed E-state index contributed by atoms with van der Waals surface area (Å²) in [5.41, 5.74) is 0.673. The van der Waals surface area contributed by atoms with E-state index in [4.69, 9.17) is 16.7 Å². The van der Waals surface area contributed by atoms with Crippen molar-refractivity contribution in [3.05, 3.63) is 40.4 Å². The van der Waals surface area contributed by atoms with Gasteiger partial charge in [-0.15, -0.1) is 10.2 Å². The van der Waals surface area contributed by atoms with Gasteiger partial charge < -0.3 is 15.4 Å². The van der Waals surface area contributed by atoms with E-state index in [1.54, 1.807) is 6.92 Å². The minimum atomic E-state index is -1.13. The molecule has 0 radical (unpaired) electrons. The summed E-state index contributed by atoms with van der Waals surface area (Å²) in [4.78, 5) is 25.6. The Bertz CT molecular complexity index is 636. The molecule has 0 aliphatic heterocycles. The second kappa shape index (κ2) is 5.07. The van der Waals surface area contributed by atoms with Crippen molar-refractivity contribution < 1.29 is 14.7 Å². The molecule has 2 rings (SSSR count). The van der Waals surface area contributed by atoms with Gasteiger partial charge in [-0.3, -0.25) is 4.79 Å². The lowest BCUT2D eigenvalue weighted by atomic mass is 10.2. The van der Waals surface area contributed by atoms with Crippen LogP contribution in [-0.2, 0) is 0 Å². The lowest BCUT2D eigenvalue weighted by molar-refractivity contribution is 0.0697. The van der Waals surface area contributed by atoms with Gasteiger partial charge in [0.05, 0.1) is 5.69 Å². The Kier molecular flexibility index (Phi) is 3.48. The van der Waals surface area contributed by atoms with E-state index in [2.05, 4.69) is 20.5 Å². The number of rotatable bonds is 3. The number of aryl methyl sites for hydroxylation is 1. The van der Waals surface area contributed by atoms with Crippen LogP contribution in [0, 0.1) is 6.92 Å². The van der Waals surface area contributed by atoms with Crippen LogP contribution >= 0.6 is 11.6 Å². The maximum atomic E-state index is 11.8. The first-order valence-electron chi connectivity index (χ1n) is 5.21. The third-order valence-electron chi connectivity index (χ3n) is 2.40.